The van der Waals surface area contributed by atoms with Crippen LogP contribution in [0, 0.1) is 6.92 Å². The fourth-order valence-corrected chi connectivity index (χ4v) is 8.14. The van der Waals surface area contributed by atoms with E-state index in [-0.39, 0.29) is 40.4 Å². The van der Waals surface area contributed by atoms with E-state index in [1.54, 1.807) is 0 Å². The molecule has 0 saturated carbocycles. The molecule has 9 rings (SSSR count). The summed E-state index contributed by atoms with van der Waals surface area (Å²) in [5.41, 5.74) is 18.7. The largest absolute Gasteiger partial charge is 2.00 e. The Morgan fingerprint density at radius 2 is 1.21 bits per heavy atom. The molecule has 2 unspecified atom stereocenters. The Kier molecular flexibility index (Phi) is 10.2. The fourth-order valence-electron chi connectivity index (χ4n) is 8.14. The molecule has 56 heavy (non-hydrogen) atoms. The average molecular weight is 739 g/mol. The summed E-state index contributed by atoms with van der Waals surface area (Å²) in [6.07, 6.45) is 14.4. The third kappa shape index (κ3) is 7.06. The van der Waals surface area contributed by atoms with Gasteiger partial charge < -0.3 is 10.3 Å². The molecule has 8 bridgehead atoms. The van der Waals surface area contributed by atoms with Crippen LogP contribution in [-0.4, -0.2) is 40.5 Å². The van der Waals surface area contributed by atoms with Crippen molar-refractivity contribution in [2.24, 2.45) is 0 Å². The van der Waals surface area contributed by atoms with Crippen LogP contribution in [0.3, 0.4) is 0 Å². The first kappa shape index (κ1) is 37.4. The van der Waals surface area contributed by atoms with Crippen molar-refractivity contribution in [2.75, 3.05) is 0 Å². The van der Waals surface area contributed by atoms with Gasteiger partial charge in [-0.25, -0.2) is 9.98 Å². The molecule has 270 valence electrons. The van der Waals surface area contributed by atoms with Gasteiger partial charge in [0.2, 0.25) is 17.1 Å². The van der Waals surface area contributed by atoms with Crippen molar-refractivity contribution in [3.63, 3.8) is 0 Å². The molecule has 0 aliphatic carbocycles. The van der Waals surface area contributed by atoms with E-state index in [2.05, 4.69) is 196 Å². The van der Waals surface area contributed by atoms with Crippen LogP contribution in [0.5, 0.6) is 0 Å². The average Bonchev–Trinajstić information content (AvgIpc) is 4.04. The molecule has 4 aromatic carbocycles. The summed E-state index contributed by atoms with van der Waals surface area (Å²) in [5.74, 6) is -0.0216. The van der Waals surface area contributed by atoms with Gasteiger partial charge in [0.15, 0.2) is 5.71 Å². The van der Waals surface area contributed by atoms with Crippen molar-refractivity contribution in [3.05, 3.63) is 224 Å². The van der Waals surface area contributed by atoms with Gasteiger partial charge in [-0.15, -0.1) is 17.1 Å². The summed E-state index contributed by atoms with van der Waals surface area (Å²) in [6, 6.07) is 41.7. The van der Waals surface area contributed by atoms with Crippen LogP contribution in [0.1, 0.15) is 83.9 Å². The number of allylic oxidation sites excluding steroid dienone is 6. The Morgan fingerprint density at radius 1 is 0.607 bits per heavy atom. The number of nitrogens with one attached hydrogen (secondary N) is 2. The standard InChI is InChI=1S/C51H44N4.Mg/c1-6-33-14-18-36(19-15-33)49-43-27-25-40(53-43)47(34-10-8-7-9-11-34)39-24-26-41(52-39)48(35-16-12-32(2)13-17-35)42-28-30-45(54-42)50(46-31-29-44(49)55-46)37-20-22-38(23-21-37)51(3,4)5;/h7-31,44,49H,6H2,1-5H3;/q-2;+2/p+2/b47-40-,48-42-,50-46-;. The van der Waals surface area contributed by atoms with Crippen LogP contribution in [0.4, 0.5) is 0 Å². The molecule has 5 aromatic rings. The predicted molar refractivity (Wildman–Crippen MR) is 232 cm³/mol. The van der Waals surface area contributed by atoms with Crippen molar-refractivity contribution in [3.8, 4) is 0 Å². The van der Waals surface area contributed by atoms with Gasteiger partial charge in [-0.1, -0.05) is 167 Å². The summed E-state index contributed by atoms with van der Waals surface area (Å²) < 4.78 is 0. The maximum Gasteiger partial charge on any atom is 2.00 e. The van der Waals surface area contributed by atoms with Crippen LogP contribution in [-0.2, 0) is 11.8 Å². The number of fused-ring (bicyclic) bond motifs is 6. The zero-order valence-corrected chi connectivity index (χ0v) is 34.3. The minimum absolute atomic E-state index is 0. The van der Waals surface area contributed by atoms with E-state index in [4.69, 9.17) is 10.3 Å². The molecule has 2 atom stereocenters. The maximum atomic E-state index is 5.59. The molecule has 5 heteroatoms. The third-order valence-electron chi connectivity index (χ3n) is 11.2. The fraction of sp³-hybridized carbons (Fsp3) is 0.176. The maximum absolute atomic E-state index is 5.59. The van der Waals surface area contributed by atoms with E-state index < -0.39 is 0 Å². The molecular weight excluding hydrogens is 693 g/mol. The van der Waals surface area contributed by atoms with E-state index in [1.165, 1.54) is 22.3 Å². The van der Waals surface area contributed by atoms with Gasteiger partial charge in [-0.05, 0) is 52.1 Å². The number of aryl methyl sites for hydroxylation is 2. The van der Waals surface area contributed by atoms with Gasteiger partial charge in [0.25, 0.3) is 0 Å². The Bertz CT molecular complexity index is 2540. The Morgan fingerprint density at radius 3 is 1.88 bits per heavy atom. The van der Waals surface area contributed by atoms with Crippen molar-refractivity contribution in [1.82, 2.24) is 4.98 Å². The molecular formula is C51H46MgN4+2. The molecule has 5 heterocycles. The molecule has 4 aliphatic heterocycles. The Hall–Kier alpha value is -5.49. The van der Waals surface area contributed by atoms with Gasteiger partial charge in [0.1, 0.15) is 0 Å². The topological polar surface area (TPSA) is 56.1 Å². The normalized spacial score (nSPS) is 22.5. The monoisotopic (exact) mass is 738 g/mol. The molecule has 0 amide bonds. The van der Waals surface area contributed by atoms with Crippen LogP contribution in [0.15, 0.2) is 169 Å². The van der Waals surface area contributed by atoms with Crippen molar-refractivity contribution in [2.45, 2.75) is 58.4 Å². The zero-order chi connectivity index (χ0) is 37.7. The van der Waals surface area contributed by atoms with Gasteiger partial charge in [0.05, 0.1) is 5.92 Å². The molecule has 4 nitrogen and oxygen atoms in total. The summed E-state index contributed by atoms with van der Waals surface area (Å²) in [4.78, 5) is 13.2. The number of hydrogen-bond donors (Lipinski definition) is 2. The molecule has 2 N–H and O–H groups in total. The predicted octanol–water partition coefficient (Wildman–Crippen LogP) is 7.65. The van der Waals surface area contributed by atoms with E-state index in [0.717, 1.165) is 79.7 Å². The molecule has 4 aliphatic rings. The number of hydrogen-bond acceptors (Lipinski definition) is 0. The molecule has 0 spiro atoms. The van der Waals surface area contributed by atoms with E-state index in [1.807, 2.05) is 0 Å². The first-order valence-electron chi connectivity index (χ1n) is 19.5. The van der Waals surface area contributed by atoms with Crippen LogP contribution >= 0.6 is 0 Å². The summed E-state index contributed by atoms with van der Waals surface area (Å²) in [5, 5.41) is 5.59. The second kappa shape index (κ2) is 15.2. The number of rotatable bonds is 5. The number of nitrogens with zero attached hydrogens (tertiary/aromatic N) is 2. The number of benzene rings is 4. The van der Waals surface area contributed by atoms with E-state index >= 15 is 0 Å². The minimum atomic E-state index is -0.112. The Balaban J connectivity index is 0.00000441. The summed E-state index contributed by atoms with van der Waals surface area (Å²) in [6.45, 7) is 11.1. The van der Waals surface area contributed by atoms with Crippen LogP contribution in [0.25, 0.3) is 22.0 Å². The molecule has 0 radical (unpaired) electrons. The molecule has 1 aromatic heterocycles. The van der Waals surface area contributed by atoms with Crippen molar-refractivity contribution < 1.29 is 9.98 Å². The van der Waals surface area contributed by atoms with Gasteiger partial charge in [-0.2, -0.15) is 0 Å². The second-order valence-electron chi connectivity index (χ2n) is 15.9. The number of aromatic nitrogens is 1. The quantitative estimate of drug-likeness (QED) is 0.179. The van der Waals surface area contributed by atoms with Gasteiger partial charge in [-0.3, -0.25) is 0 Å². The van der Waals surface area contributed by atoms with E-state index in [0.29, 0.717) is 0 Å². The summed E-state index contributed by atoms with van der Waals surface area (Å²) in [7, 11) is 0. The van der Waals surface area contributed by atoms with Crippen molar-refractivity contribution in [1.29, 1.82) is 0 Å². The van der Waals surface area contributed by atoms with E-state index in [9.17, 15) is 0 Å². The minimum Gasteiger partial charge on any atom is -0.677 e. The van der Waals surface area contributed by atoms with Crippen molar-refractivity contribution >= 4 is 51.2 Å². The van der Waals surface area contributed by atoms with Crippen LogP contribution in [0.2, 0.25) is 0 Å². The Labute approximate surface area is 347 Å². The summed E-state index contributed by atoms with van der Waals surface area (Å²) >= 11 is 0. The zero-order valence-electron chi connectivity index (χ0n) is 32.9. The first-order chi connectivity index (χ1) is 26.7. The van der Waals surface area contributed by atoms with Crippen LogP contribution < -0.4 is 15.0 Å². The smallest absolute Gasteiger partial charge is 0.677 e. The third-order valence-corrected chi connectivity index (χ3v) is 11.2. The SMILES string of the molecule is CCc1ccc(C2C3=[NH+]/C(=C(/c4ccccc4)c4ccc([n-]4)/C(c4ccc(C)cc4)=C4/C=CC(=[NH+]4)/C(c4ccc(C(C)(C)C)cc4)=C4/C=CC2[N-]4)C=C3)cc1.[Mg+2]. The molecule has 0 saturated heterocycles. The van der Waals surface area contributed by atoms with Gasteiger partial charge >= 0.3 is 23.1 Å². The molecule has 0 fully saturated rings. The van der Waals surface area contributed by atoms with Gasteiger partial charge in [0, 0.05) is 41.0 Å². The first-order valence-corrected chi connectivity index (χ1v) is 19.5. The second-order valence-corrected chi connectivity index (χ2v) is 15.9.